The summed E-state index contributed by atoms with van der Waals surface area (Å²) in [4.78, 5) is 46.9. The quantitative estimate of drug-likeness (QED) is 0.207. The van der Waals surface area contributed by atoms with Gasteiger partial charge >= 0.3 is 5.97 Å². The number of esters is 1. The highest BCUT2D eigenvalue weighted by atomic mass is 32.2. The second-order valence-electron chi connectivity index (χ2n) is 11.9. The van der Waals surface area contributed by atoms with Crippen molar-refractivity contribution in [3.8, 4) is 0 Å². The molecule has 2 aliphatic rings. The largest absolute Gasteiger partial charge is 0.449 e. The number of hydrogen-bond acceptors (Lipinski definition) is 8. The number of piperidine rings is 1. The maximum atomic E-state index is 14.1. The molecule has 3 heterocycles. The molecule has 2 amide bonds. The second-order valence-corrected chi connectivity index (χ2v) is 13.7. The number of rotatable bonds is 11. The van der Waals surface area contributed by atoms with Crippen LogP contribution < -0.4 is 15.8 Å². The van der Waals surface area contributed by atoms with E-state index in [4.69, 9.17) is 16.2 Å². The minimum absolute atomic E-state index is 0.165. The number of likely N-dealkylation sites (tertiary alicyclic amines) is 1. The average Bonchev–Trinajstić information content (AvgIpc) is 3.56. The van der Waals surface area contributed by atoms with Crippen LogP contribution in [0, 0.1) is 5.41 Å². The van der Waals surface area contributed by atoms with E-state index in [0.717, 1.165) is 29.7 Å². The van der Waals surface area contributed by atoms with Crippen molar-refractivity contribution in [3.63, 3.8) is 0 Å². The van der Waals surface area contributed by atoms with Gasteiger partial charge in [-0.25, -0.2) is 13.5 Å². The van der Waals surface area contributed by atoms with E-state index in [-0.39, 0.29) is 12.3 Å². The summed E-state index contributed by atoms with van der Waals surface area (Å²) in [5.41, 5.74) is 11.0. The lowest BCUT2D eigenvalue weighted by atomic mass is 9.73. The molecule has 1 aliphatic carbocycles. The van der Waals surface area contributed by atoms with Crippen molar-refractivity contribution in [2.75, 3.05) is 17.4 Å². The van der Waals surface area contributed by atoms with Crippen LogP contribution in [0.25, 0.3) is 0 Å². The minimum atomic E-state index is -2.37. The zero-order valence-electron chi connectivity index (χ0n) is 25.0. The van der Waals surface area contributed by atoms with Gasteiger partial charge in [-0.05, 0) is 86.2 Å². The molecule has 1 aliphatic heterocycles. The van der Waals surface area contributed by atoms with Gasteiger partial charge in [0.05, 0.1) is 17.1 Å². The molecule has 1 saturated carbocycles. The third-order valence-electron chi connectivity index (χ3n) is 8.91. The number of nitrogens with zero attached hydrogens (tertiary/aromatic N) is 3. The third kappa shape index (κ3) is 7.43. The number of thiophene rings is 1. The molecule has 2 fully saturated rings. The Balaban J connectivity index is 1.37. The maximum absolute atomic E-state index is 14.1. The number of anilines is 2. The summed E-state index contributed by atoms with van der Waals surface area (Å²) in [6.45, 7) is 0.620. The third-order valence-corrected chi connectivity index (χ3v) is 10.5. The molecule has 2 unspecified atom stereocenters. The van der Waals surface area contributed by atoms with Crippen molar-refractivity contribution in [2.45, 2.75) is 69.4 Å². The summed E-state index contributed by atoms with van der Waals surface area (Å²) in [5, 5.41) is 1.95. The van der Waals surface area contributed by atoms with Gasteiger partial charge in [-0.15, -0.1) is 11.3 Å². The van der Waals surface area contributed by atoms with Gasteiger partial charge in [0.15, 0.2) is 5.60 Å². The summed E-state index contributed by atoms with van der Waals surface area (Å²) in [7, 11) is 0. The summed E-state index contributed by atoms with van der Waals surface area (Å²) >= 11 is -0.811. The molecule has 0 spiro atoms. The number of pyridine rings is 1. The molecule has 1 aromatic carbocycles. The molecule has 11 nitrogen and oxygen atoms in total. The molecule has 1 saturated heterocycles. The van der Waals surface area contributed by atoms with Gasteiger partial charge in [-0.2, -0.15) is 0 Å². The van der Waals surface area contributed by atoms with Crippen LogP contribution in [-0.2, 0) is 43.2 Å². The van der Waals surface area contributed by atoms with E-state index in [1.165, 1.54) is 10.5 Å². The molecule has 3 aromatic rings. The van der Waals surface area contributed by atoms with Crippen LogP contribution in [0.3, 0.4) is 0 Å². The van der Waals surface area contributed by atoms with Crippen molar-refractivity contribution in [3.05, 3.63) is 76.6 Å². The van der Waals surface area contributed by atoms with Gasteiger partial charge in [-0.3, -0.25) is 18.9 Å². The van der Waals surface area contributed by atoms with Gasteiger partial charge < -0.3 is 21.1 Å². The monoisotopic (exact) mass is 653 g/mol. The van der Waals surface area contributed by atoms with Crippen LogP contribution in [-0.4, -0.2) is 61.2 Å². The van der Waals surface area contributed by atoms with E-state index < -0.39 is 40.2 Å². The van der Waals surface area contributed by atoms with E-state index in [0.29, 0.717) is 56.7 Å². The lowest BCUT2D eigenvalue weighted by Gasteiger charge is -2.43. The zero-order valence-corrected chi connectivity index (χ0v) is 26.6. The molecule has 2 aromatic heterocycles. The Morgan fingerprint density at radius 2 is 1.73 bits per heavy atom. The van der Waals surface area contributed by atoms with Crippen LogP contribution in [0.1, 0.15) is 55.4 Å². The molecule has 13 heteroatoms. The summed E-state index contributed by atoms with van der Waals surface area (Å²) in [6.07, 6.45) is 6.13. The molecule has 2 atom stereocenters. The Morgan fingerprint density at radius 1 is 1.02 bits per heavy atom. The zero-order chi connectivity index (χ0) is 32.0. The topological polar surface area (TPSA) is 169 Å². The van der Waals surface area contributed by atoms with E-state index in [2.05, 4.69) is 4.98 Å². The van der Waals surface area contributed by atoms with Gasteiger partial charge in [0.2, 0.25) is 5.91 Å². The number of nitrogens with two attached hydrogens (primary N) is 2. The first-order valence-corrected chi connectivity index (χ1v) is 17.1. The summed E-state index contributed by atoms with van der Waals surface area (Å²) < 4.78 is 29.5. The molecule has 240 valence electrons. The minimum Gasteiger partial charge on any atom is -0.449 e. The van der Waals surface area contributed by atoms with E-state index >= 15 is 0 Å². The van der Waals surface area contributed by atoms with Crippen molar-refractivity contribution in [2.24, 2.45) is 16.9 Å². The Kier molecular flexibility index (Phi) is 10.3. The molecule has 0 radical (unpaired) electrons. The smallest absolute Gasteiger partial charge is 0.313 e. The Bertz CT molecular complexity index is 1490. The first kappa shape index (κ1) is 32.7. The van der Waals surface area contributed by atoms with E-state index in [1.54, 1.807) is 58.7 Å². The second kappa shape index (κ2) is 14.2. The Hall–Kier alpha value is -3.65. The summed E-state index contributed by atoms with van der Waals surface area (Å²) in [5.74, 6) is -0.977. The van der Waals surface area contributed by atoms with Crippen molar-refractivity contribution < 1.29 is 27.9 Å². The van der Waals surface area contributed by atoms with Gasteiger partial charge in [-0.1, -0.05) is 30.7 Å². The molecule has 5 N–H and O–H groups in total. The number of primary amides is 1. The van der Waals surface area contributed by atoms with E-state index in [9.17, 15) is 23.1 Å². The fraction of sp³-hybridized carbons (Fsp3) is 0.438. The highest BCUT2D eigenvalue weighted by Gasteiger charge is 2.49. The number of aromatic nitrogens is 1. The fourth-order valence-corrected chi connectivity index (χ4v) is 7.63. The first-order chi connectivity index (χ1) is 21.6. The fourth-order valence-electron chi connectivity index (χ4n) is 6.30. The highest BCUT2D eigenvalue weighted by Crippen LogP contribution is 2.41. The number of carbonyl (C=O) groups excluding carboxylic acids is 3. The van der Waals surface area contributed by atoms with Crippen LogP contribution in [0.15, 0.2) is 66.2 Å². The maximum Gasteiger partial charge on any atom is 0.313 e. The van der Waals surface area contributed by atoms with Crippen molar-refractivity contribution in [1.82, 2.24) is 9.88 Å². The predicted octanol–water partition coefficient (Wildman–Crippen LogP) is 3.87. The van der Waals surface area contributed by atoms with Crippen molar-refractivity contribution >= 4 is 51.9 Å². The van der Waals surface area contributed by atoms with Crippen LogP contribution >= 0.6 is 11.3 Å². The standard InChI is InChI=1S/C32H39N5O6S2/c33-26(21-25-7-6-20-44-25)28(38)36-18-15-31(16-19-36,30(40)43-32(29(34)39)13-3-1-4-14-32)22-23-9-11-24(12-10-23)37(45(41)42)27-8-2-5-17-35-27/h2,5-12,17,20,26H,1,3-4,13-16,18-19,21-22,33H2,(H2,34,39)(H,41,42). The molecule has 45 heavy (non-hydrogen) atoms. The number of ether oxygens (including phenoxy) is 1. The number of benzene rings is 1. The normalized spacial score (nSPS) is 18.8. The Labute approximate surface area is 269 Å². The molecular formula is C32H39N5O6S2. The summed E-state index contributed by atoms with van der Waals surface area (Å²) in [6, 6.07) is 15.3. The van der Waals surface area contributed by atoms with Crippen LogP contribution in [0.2, 0.25) is 0 Å². The predicted molar refractivity (Wildman–Crippen MR) is 173 cm³/mol. The highest BCUT2D eigenvalue weighted by molar-refractivity contribution is 7.81. The lowest BCUT2D eigenvalue weighted by molar-refractivity contribution is -0.183. The van der Waals surface area contributed by atoms with Gasteiger partial charge in [0, 0.05) is 30.6 Å². The van der Waals surface area contributed by atoms with E-state index in [1.807, 2.05) is 17.5 Å². The molecule has 0 bridgehead atoms. The van der Waals surface area contributed by atoms with Crippen LogP contribution in [0.4, 0.5) is 11.5 Å². The average molecular weight is 654 g/mol. The van der Waals surface area contributed by atoms with Gasteiger partial charge in [0.25, 0.3) is 17.2 Å². The van der Waals surface area contributed by atoms with Crippen LogP contribution in [0.5, 0.6) is 0 Å². The lowest BCUT2D eigenvalue weighted by Crippen LogP contribution is -2.55. The SMILES string of the molecule is NC(=O)C1(OC(=O)C2(Cc3ccc(N(c4ccccn4)S(=O)O)cc3)CCN(C(=O)C(N)Cc3cccs3)CC2)CCCCC1. The molecule has 5 rings (SSSR count). The van der Waals surface area contributed by atoms with Crippen molar-refractivity contribution in [1.29, 1.82) is 0 Å². The number of amides is 2. The molecular weight excluding hydrogens is 615 g/mol. The first-order valence-electron chi connectivity index (χ1n) is 15.1. The number of carbonyl (C=O) groups is 3. The Morgan fingerprint density at radius 3 is 2.31 bits per heavy atom. The number of hydrogen-bond donors (Lipinski definition) is 3. The van der Waals surface area contributed by atoms with Gasteiger partial charge in [0.1, 0.15) is 5.82 Å².